The average Bonchev–Trinajstić information content (AvgIpc) is 2.41. The fraction of sp³-hybridized carbons (Fsp3) is 0.562. The zero-order chi connectivity index (χ0) is 13.8. The molecular weight excluding hydrogens is 236 g/mol. The molecule has 1 saturated heterocycles. The Balaban J connectivity index is 1.98. The lowest BCUT2D eigenvalue weighted by atomic mass is 10.0. The maximum Gasteiger partial charge on any atom is 0.177 e. The number of aryl methyl sites for hydroxylation is 1. The van der Waals surface area contributed by atoms with Crippen molar-refractivity contribution < 1.29 is 4.79 Å². The summed E-state index contributed by atoms with van der Waals surface area (Å²) in [6, 6.07) is 8.45. The quantitative estimate of drug-likeness (QED) is 0.775. The molecule has 0 amide bonds. The highest BCUT2D eigenvalue weighted by Gasteiger charge is 2.24. The summed E-state index contributed by atoms with van der Waals surface area (Å²) in [5.41, 5.74) is 1.95. The Morgan fingerprint density at radius 1 is 1.32 bits per heavy atom. The highest BCUT2D eigenvalue weighted by molar-refractivity contribution is 5.98. The van der Waals surface area contributed by atoms with E-state index >= 15 is 0 Å². The zero-order valence-electron chi connectivity index (χ0n) is 12.2. The molecule has 0 aromatic heterocycles. The first-order valence-electron chi connectivity index (χ1n) is 7.13. The number of nitrogens with zero attached hydrogens (tertiary/aromatic N) is 2. The van der Waals surface area contributed by atoms with Gasteiger partial charge in [0.1, 0.15) is 0 Å². The predicted octanol–water partition coefficient (Wildman–Crippen LogP) is 2.20. The number of carbonyl (C=O) groups is 1. The van der Waals surface area contributed by atoms with E-state index < -0.39 is 0 Å². The molecule has 19 heavy (non-hydrogen) atoms. The smallest absolute Gasteiger partial charge is 0.177 e. The lowest BCUT2D eigenvalue weighted by Crippen LogP contribution is -2.52. The van der Waals surface area contributed by atoms with Crippen molar-refractivity contribution in [2.75, 3.05) is 33.2 Å². The second-order valence-corrected chi connectivity index (χ2v) is 5.52. The second-order valence-electron chi connectivity index (χ2n) is 5.52. The average molecular weight is 260 g/mol. The van der Waals surface area contributed by atoms with Gasteiger partial charge in [-0.05, 0) is 26.0 Å². The van der Waals surface area contributed by atoms with Crippen LogP contribution in [0.3, 0.4) is 0 Å². The van der Waals surface area contributed by atoms with Crippen LogP contribution in [0.4, 0.5) is 0 Å². The third-order valence-corrected chi connectivity index (χ3v) is 4.15. The molecule has 1 aromatic rings. The van der Waals surface area contributed by atoms with Crippen LogP contribution in [0, 0.1) is 6.92 Å². The van der Waals surface area contributed by atoms with Crippen molar-refractivity contribution in [2.24, 2.45) is 0 Å². The molecule has 1 aliphatic rings. The highest BCUT2D eigenvalue weighted by atomic mass is 16.1. The van der Waals surface area contributed by atoms with Crippen LogP contribution in [0.1, 0.15) is 29.3 Å². The van der Waals surface area contributed by atoms with Crippen molar-refractivity contribution in [1.82, 2.24) is 9.80 Å². The van der Waals surface area contributed by atoms with Crippen molar-refractivity contribution >= 4 is 5.78 Å². The molecule has 3 nitrogen and oxygen atoms in total. The van der Waals surface area contributed by atoms with Gasteiger partial charge in [-0.2, -0.15) is 0 Å². The molecule has 0 aliphatic carbocycles. The van der Waals surface area contributed by atoms with Crippen LogP contribution in [0.15, 0.2) is 24.3 Å². The number of piperazine rings is 1. The van der Waals surface area contributed by atoms with E-state index in [1.54, 1.807) is 0 Å². The van der Waals surface area contributed by atoms with Gasteiger partial charge in [-0.1, -0.05) is 31.2 Å². The molecule has 0 bridgehead atoms. The summed E-state index contributed by atoms with van der Waals surface area (Å²) in [4.78, 5) is 17.0. The van der Waals surface area contributed by atoms with E-state index in [4.69, 9.17) is 0 Å². The Morgan fingerprint density at radius 2 is 2.05 bits per heavy atom. The molecule has 1 atom stereocenters. The van der Waals surface area contributed by atoms with Gasteiger partial charge in [-0.25, -0.2) is 0 Å². The maximum atomic E-state index is 12.4. The van der Waals surface area contributed by atoms with Crippen molar-refractivity contribution in [3.63, 3.8) is 0 Å². The van der Waals surface area contributed by atoms with E-state index in [1.165, 1.54) is 0 Å². The van der Waals surface area contributed by atoms with Gasteiger partial charge in [0.15, 0.2) is 5.78 Å². The fourth-order valence-electron chi connectivity index (χ4n) is 2.77. The Hall–Kier alpha value is -1.19. The van der Waals surface area contributed by atoms with E-state index in [0.717, 1.165) is 37.2 Å². The van der Waals surface area contributed by atoms with Crippen LogP contribution in [-0.2, 0) is 0 Å². The van der Waals surface area contributed by atoms with Gasteiger partial charge in [0.05, 0.1) is 6.54 Å². The normalized spacial score (nSPS) is 21.5. The van der Waals surface area contributed by atoms with Gasteiger partial charge in [0.2, 0.25) is 0 Å². The summed E-state index contributed by atoms with van der Waals surface area (Å²) < 4.78 is 0. The predicted molar refractivity (Wildman–Crippen MR) is 78.7 cm³/mol. The van der Waals surface area contributed by atoms with Gasteiger partial charge in [-0.15, -0.1) is 0 Å². The van der Waals surface area contributed by atoms with Gasteiger partial charge < -0.3 is 4.90 Å². The highest BCUT2D eigenvalue weighted by Crippen LogP contribution is 2.13. The molecule has 1 fully saturated rings. The van der Waals surface area contributed by atoms with E-state index in [-0.39, 0.29) is 5.78 Å². The van der Waals surface area contributed by atoms with Crippen LogP contribution in [0.25, 0.3) is 0 Å². The Kier molecular flexibility index (Phi) is 4.72. The largest absolute Gasteiger partial charge is 0.301 e. The summed E-state index contributed by atoms with van der Waals surface area (Å²) in [6.45, 7) is 7.82. The van der Waals surface area contributed by atoms with Gasteiger partial charge in [0.25, 0.3) is 0 Å². The molecule has 1 unspecified atom stereocenters. The molecule has 1 aromatic carbocycles. The summed E-state index contributed by atoms with van der Waals surface area (Å²) >= 11 is 0. The summed E-state index contributed by atoms with van der Waals surface area (Å²) in [5, 5.41) is 0. The van der Waals surface area contributed by atoms with E-state index in [0.29, 0.717) is 12.6 Å². The molecule has 1 aliphatic heterocycles. The number of rotatable bonds is 4. The van der Waals surface area contributed by atoms with Crippen molar-refractivity contribution in [3.8, 4) is 0 Å². The van der Waals surface area contributed by atoms with Crippen LogP contribution in [0.5, 0.6) is 0 Å². The van der Waals surface area contributed by atoms with Gasteiger partial charge in [0, 0.05) is 31.2 Å². The minimum absolute atomic E-state index is 0.248. The molecule has 1 heterocycles. The maximum absolute atomic E-state index is 12.4. The molecule has 0 saturated carbocycles. The SMILES string of the molecule is CCC1CN(CC(=O)c2ccccc2C)CCN1C. The number of hydrogen-bond donors (Lipinski definition) is 0. The van der Waals surface area contributed by atoms with Gasteiger partial charge in [-0.3, -0.25) is 9.69 Å². The molecule has 104 valence electrons. The summed E-state index contributed by atoms with van der Waals surface area (Å²) in [5.74, 6) is 0.248. The number of likely N-dealkylation sites (N-methyl/N-ethyl adjacent to an activating group) is 1. The first kappa shape index (κ1) is 14.2. The van der Waals surface area contributed by atoms with Crippen molar-refractivity contribution in [3.05, 3.63) is 35.4 Å². The topological polar surface area (TPSA) is 23.6 Å². The number of hydrogen-bond acceptors (Lipinski definition) is 3. The number of ketones is 1. The summed E-state index contributed by atoms with van der Waals surface area (Å²) in [7, 11) is 2.18. The van der Waals surface area contributed by atoms with Gasteiger partial charge >= 0.3 is 0 Å². The number of Topliss-reactive ketones (excluding diaryl/α,β-unsaturated/α-hetero) is 1. The minimum atomic E-state index is 0.248. The molecule has 2 rings (SSSR count). The molecular formula is C16H24N2O. The van der Waals surface area contributed by atoms with Crippen LogP contribution in [-0.4, -0.2) is 54.9 Å². The van der Waals surface area contributed by atoms with Crippen molar-refractivity contribution in [1.29, 1.82) is 0 Å². The molecule has 0 radical (unpaired) electrons. The lowest BCUT2D eigenvalue weighted by Gasteiger charge is -2.38. The monoisotopic (exact) mass is 260 g/mol. The molecule has 0 N–H and O–H groups in total. The third kappa shape index (κ3) is 3.43. The van der Waals surface area contributed by atoms with Crippen molar-refractivity contribution in [2.45, 2.75) is 26.3 Å². The van der Waals surface area contributed by atoms with E-state index in [9.17, 15) is 4.79 Å². The first-order valence-corrected chi connectivity index (χ1v) is 7.13. The summed E-state index contributed by atoms with van der Waals surface area (Å²) in [6.07, 6.45) is 1.14. The number of benzene rings is 1. The van der Waals surface area contributed by atoms with E-state index in [1.807, 2.05) is 31.2 Å². The Morgan fingerprint density at radius 3 is 2.74 bits per heavy atom. The zero-order valence-corrected chi connectivity index (χ0v) is 12.2. The number of carbonyl (C=O) groups excluding carboxylic acids is 1. The Bertz CT molecular complexity index is 444. The third-order valence-electron chi connectivity index (χ3n) is 4.15. The standard InChI is InChI=1S/C16H24N2O/c1-4-14-11-18(10-9-17(14)3)12-16(19)15-8-6-5-7-13(15)2/h5-8,14H,4,9-12H2,1-3H3. The van der Waals surface area contributed by atoms with Crippen LogP contribution >= 0.6 is 0 Å². The minimum Gasteiger partial charge on any atom is -0.301 e. The lowest BCUT2D eigenvalue weighted by molar-refractivity contribution is 0.0742. The Labute approximate surface area is 116 Å². The second kappa shape index (κ2) is 6.31. The molecule has 0 spiro atoms. The fourth-order valence-corrected chi connectivity index (χ4v) is 2.77. The first-order chi connectivity index (χ1) is 9.11. The van der Waals surface area contributed by atoms with Crippen LogP contribution < -0.4 is 0 Å². The van der Waals surface area contributed by atoms with E-state index in [2.05, 4.69) is 23.8 Å². The molecule has 3 heteroatoms. The van der Waals surface area contributed by atoms with Crippen LogP contribution in [0.2, 0.25) is 0 Å².